The third-order valence-electron chi connectivity index (χ3n) is 23.9. The van der Waals surface area contributed by atoms with E-state index >= 15 is 0 Å². The predicted octanol–water partition coefficient (Wildman–Crippen LogP) is 14.7. The molecule has 9 heterocycles. The summed E-state index contributed by atoms with van der Waals surface area (Å²) in [4.78, 5) is 144. The maximum absolute atomic E-state index is 14.0. The van der Waals surface area contributed by atoms with E-state index in [4.69, 9.17) is 19.2 Å². The van der Waals surface area contributed by atoms with Crippen LogP contribution in [-0.4, -0.2) is 237 Å². The Labute approximate surface area is 738 Å². The first-order valence-electron chi connectivity index (χ1n) is 44.1. The lowest BCUT2D eigenvalue weighted by Gasteiger charge is -2.48. The van der Waals surface area contributed by atoms with Crippen LogP contribution >= 0.6 is 0 Å². The second-order valence-corrected chi connectivity index (χ2v) is 38.5. The number of alkyl carbamates (subject to hydrolysis) is 3. The topological polar surface area (TPSA) is 327 Å². The molecule has 6 fully saturated rings. The van der Waals surface area contributed by atoms with Crippen LogP contribution in [0.5, 0.6) is 0 Å². The number of benzene rings is 3. The molecule has 678 valence electrons. The number of hydrogen-bond acceptors (Lipinski definition) is 18. The lowest BCUT2D eigenvalue weighted by Crippen LogP contribution is -2.67. The second kappa shape index (κ2) is 36.7. The van der Waals surface area contributed by atoms with Crippen LogP contribution in [0.2, 0.25) is 0 Å². The summed E-state index contributed by atoms with van der Waals surface area (Å²) in [6, 6.07) is 23.5. The number of nitrogens with one attached hydrogen (secondary N) is 3. The van der Waals surface area contributed by atoms with Crippen molar-refractivity contribution in [2.24, 2.45) is 0 Å². The standard InChI is InChI=1S/C33H43FN6O4.C31H39FN6O4.C30H37FN6O4/c1-21(2)25-18-26(23-10-12-24(34)13-11-23)37-40-20-27(35-28(25)40)29(41)38-16-17-39(22(3)19-38)30(42)33(14-8-7-9-15-33)36-31(43)44-32(4,5)6;1-19(2)23-16-24(21-8-10-22(32)11-9-21)35-38-18-25(33-26(23)38)27(39)36-14-15-37(20(3)17-36)28(40)31(12-7-13-31)34-29(41)42-30(4,5)6;1-18(2)22-15-23(20-7-9-21(31)10-8-20)34-37-17-24(32-25(22)37)26(38)35-13-14-36(19(3)16-35)27(39)30(11-12-30)33-28(40)41-29(4,5)6/h10-13,18,20-22H,7-9,14-17,19H2,1-6H3,(H,36,43);8-11,16,18-20H,7,12-15,17H2,1-6H3,(H,34,41);7-10,15,17-19H,11-14,16H2,1-6H3,(H,33,40)/t22-;20-;19-/m000/s1. The number of nitrogens with zero attached hydrogens (tertiary/aromatic N) is 15. The minimum Gasteiger partial charge on any atom is -0.444 e. The van der Waals surface area contributed by atoms with Gasteiger partial charge in [0.1, 0.15) is 68.0 Å². The molecule has 3 N–H and O–H groups in total. The SMILES string of the molecule is CC(C)c1cc(-c2ccc(F)cc2)nn2cc(C(=O)N3CCN(C(=O)C4(NC(=O)OC(C)(C)C)CC4)[C@@H](C)C3)nc12.CC(C)c1cc(-c2ccc(F)cc2)nn2cc(C(=O)N3CCN(C(=O)C4(NC(=O)OC(C)(C)C)CCC4)[C@@H](C)C3)nc12.CC(C)c1cc(-c2ccc(F)cc2)nn2cc(C(=O)N3CCN(C(=O)C4(NC(=O)OC(C)(C)C)CCCCC4)[C@@H](C)C3)nc12. The smallest absolute Gasteiger partial charge is 0.408 e. The molecule has 0 spiro atoms. The highest BCUT2D eigenvalue weighted by Crippen LogP contribution is 2.41. The van der Waals surface area contributed by atoms with E-state index in [1.54, 1.807) is 160 Å². The van der Waals surface area contributed by atoms with Crippen molar-refractivity contribution in [3.05, 3.63) is 161 Å². The summed E-state index contributed by atoms with van der Waals surface area (Å²) < 4.78 is 61.6. The predicted molar refractivity (Wildman–Crippen MR) is 471 cm³/mol. The monoisotopic (exact) mass is 1750 g/mol. The molecule has 9 aromatic rings. The van der Waals surface area contributed by atoms with Crippen LogP contribution in [0.3, 0.4) is 0 Å². The number of fused-ring (bicyclic) bond motifs is 3. The van der Waals surface area contributed by atoms with Gasteiger partial charge in [0.15, 0.2) is 16.9 Å². The Hall–Kier alpha value is -12.1. The number of carbonyl (C=O) groups excluding carboxylic acids is 9. The van der Waals surface area contributed by atoms with Crippen LogP contribution in [0.15, 0.2) is 110 Å². The van der Waals surface area contributed by atoms with Crippen LogP contribution in [0.1, 0.15) is 255 Å². The fourth-order valence-corrected chi connectivity index (χ4v) is 17.0. The first-order chi connectivity index (χ1) is 59.8. The number of imidazole rings is 3. The van der Waals surface area contributed by atoms with Crippen molar-refractivity contribution in [2.45, 2.75) is 258 Å². The van der Waals surface area contributed by atoms with Gasteiger partial charge in [-0.15, -0.1) is 0 Å². The molecule has 9 amide bonds. The molecule has 30 nitrogen and oxygen atoms in total. The van der Waals surface area contributed by atoms with E-state index in [2.05, 4.69) is 55.1 Å². The Morgan fingerprint density at radius 1 is 0.370 bits per heavy atom. The zero-order valence-electron chi connectivity index (χ0n) is 76.0. The van der Waals surface area contributed by atoms with E-state index in [1.807, 2.05) is 66.7 Å². The molecule has 0 radical (unpaired) electrons. The van der Waals surface area contributed by atoms with E-state index in [-0.39, 0.29) is 106 Å². The first-order valence-corrected chi connectivity index (χ1v) is 44.1. The van der Waals surface area contributed by atoms with Crippen molar-refractivity contribution < 1.29 is 70.5 Å². The number of rotatable bonds is 15. The molecular formula is C94H119F3N18O12. The van der Waals surface area contributed by atoms with Crippen LogP contribution in [-0.2, 0) is 28.6 Å². The third-order valence-corrected chi connectivity index (χ3v) is 23.9. The summed E-state index contributed by atoms with van der Waals surface area (Å²) in [5.74, 6) is -1.72. The van der Waals surface area contributed by atoms with E-state index < -0.39 is 51.7 Å². The Balaban J connectivity index is 0.000000163. The fourth-order valence-electron chi connectivity index (χ4n) is 17.0. The van der Waals surface area contributed by atoms with Crippen LogP contribution in [0.25, 0.3) is 50.7 Å². The van der Waals surface area contributed by atoms with Gasteiger partial charge in [-0.05, 0) is 237 Å². The van der Waals surface area contributed by atoms with Gasteiger partial charge in [0.05, 0.1) is 35.7 Å². The quantitative estimate of drug-likeness (QED) is 0.0803. The van der Waals surface area contributed by atoms with E-state index in [9.17, 15) is 56.3 Å². The van der Waals surface area contributed by atoms with Crippen molar-refractivity contribution in [1.29, 1.82) is 0 Å². The lowest BCUT2D eigenvalue weighted by atomic mass is 9.75. The molecule has 3 aliphatic heterocycles. The minimum absolute atomic E-state index is 0.112. The molecule has 15 rings (SSSR count). The Kier molecular flexibility index (Phi) is 26.8. The highest BCUT2D eigenvalue weighted by atomic mass is 19.1. The summed E-state index contributed by atoms with van der Waals surface area (Å²) in [5.41, 5.74) is 4.77. The normalized spacial score (nSPS) is 18.7. The van der Waals surface area contributed by atoms with E-state index in [0.29, 0.717) is 131 Å². The Bertz CT molecular complexity index is 5620. The number of ether oxygens (including phenoxy) is 3. The molecule has 127 heavy (non-hydrogen) atoms. The van der Waals surface area contributed by atoms with Crippen molar-refractivity contribution in [2.75, 3.05) is 58.9 Å². The van der Waals surface area contributed by atoms with Crippen LogP contribution in [0, 0.1) is 17.5 Å². The maximum atomic E-state index is 14.0. The van der Waals surface area contributed by atoms with Crippen LogP contribution in [0.4, 0.5) is 27.6 Å². The number of piperazine rings is 3. The third kappa shape index (κ3) is 21.1. The number of aromatic nitrogens is 9. The average Bonchev–Trinajstić information content (AvgIpc) is 1.65. The Morgan fingerprint density at radius 2 is 0.622 bits per heavy atom. The number of carbonyl (C=O) groups is 9. The molecule has 3 aromatic carbocycles. The largest absolute Gasteiger partial charge is 0.444 e. The summed E-state index contributed by atoms with van der Waals surface area (Å²) in [6.07, 6.45) is 10.0. The molecule has 6 aliphatic rings. The van der Waals surface area contributed by atoms with Crippen molar-refractivity contribution in [3.8, 4) is 33.8 Å². The van der Waals surface area contributed by atoms with Gasteiger partial charge < -0.3 is 59.6 Å². The molecule has 33 heteroatoms. The second-order valence-electron chi connectivity index (χ2n) is 38.5. The van der Waals surface area contributed by atoms with Crippen molar-refractivity contribution in [3.63, 3.8) is 0 Å². The summed E-state index contributed by atoms with van der Waals surface area (Å²) in [7, 11) is 0. The highest BCUT2D eigenvalue weighted by Gasteiger charge is 2.56. The van der Waals surface area contributed by atoms with Gasteiger partial charge in [-0.25, -0.2) is 56.1 Å². The van der Waals surface area contributed by atoms with E-state index in [1.165, 1.54) is 36.4 Å². The van der Waals surface area contributed by atoms with Gasteiger partial charge in [0.2, 0.25) is 17.7 Å². The lowest BCUT2D eigenvalue weighted by molar-refractivity contribution is -0.146. The van der Waals surface area contributed by atoms with Gasteiger partial charge in [-0.1, -0.05) is 60.8 Å². The van der Waals surface area contributed by atoms with Gasteiger partial charge in [0, 0.05) is 110 Å². The molecule has 3 atom stereocenters. The molecule has 3 saturated heterocycles. The molecule has 0 bridgehead atoms. The Morgan fingerprint density at radius 3 is 0.843 bits per heavy atom. The molecule has 6 aromatic heterocycles. The van der Waals surface area contributed by atoms with Gasteiger partial charge in [-0.2, -0.15) is 15.3 Å². The number of amides is 9. The molecular weight excluding hydrogens is 1630 g/mol. The molecule has 0 unspecified atom stereocenters. The minimum atomic E-state index is -1.01. The van der Waals surface area contributed by atoms with Crippen molar-refractivity contribution in [1.82, 2.24) is 89.1 Å². The summed E-state index contributed by atoms with van der Waals surface area (Å²) in [5, 5.41) is 22.6. The van der Waals surface area contributed by atoms with E-state index in [0.717, 1.165) is 59.1 Å². The highest BCUT2D eigenvalue weighted by molar-refractivity contribution is 5.97. The zero-order chi connectivity index (χ0) is 91.9. The fraction of sp³-hybridized carbons (Fsp3) is 0.521. The number of halogens is 3. The maximum Gasteiger partial charge on any atom is 0.408 e. The number of hydrogen-bond donors (Lipinski definition) is 3. The zero-order valence-corrected chi connectivity index (χ0v) is 76.0. The first kappa shape index (κ1) is 92.6. The van der Waals surface area contributed by atoms with Gasteiger partial charge >= 0.3 is 18.3 Å². The summed E-state index contributed by atoms with van der Waals surface area (Å²) >= 11 is 0. The van der Waals surface area contributed by atoms with Gasteiger partial charge in [0.25, 0.3) is 17.7 Å². The molecule has 3 saturated carbocycles. The van der Waals surface area contributed by atoms with Gasteiger partial charge in [-0.3, -0.25) is 28.8 Å². The molecule has 3 aliphatic carbocycles. The van der Waals surface area contributed by atoms with Crippen molar-refractivity contribution >= 4 is 70.7 Å². The van der Waals surface area contributed by atoms with Crippen LogP contribution < -0.4 is 16.0 Å². The summed E-state index contributed by atoms with van der Waals surface area (Å²) in [6.45, 7) is 37.2. The average molecular weight is 1750 g/mol.